The molecule has 1 aliphatic rings. The molecule has 2 rings (SSSR count). The molecule has 0 spiro atoms. The SMILES string of the molecule is CCCn1cc(Br)cc1C(=O)NCC1(C)CCCC1. The molecule has 19 heavy (non-hydrogen) atoms. The van der Waals surface area contributed by atoms with Crippen molar-refractivity contribution in [3.05, 3.63) is 22.4 Å². The van der Waals surface area contributed by atoms with Crippen molar-refractivity contribution < 1.29 is 4.79 Å². The van der Waals surface area contributed by atoms with Crippen LogP contribution >= 0.6 is 15.9 Å². The van der Waals surface area contributed by atoms with E-state index in [9.17, 15) is 4.79 Å². The van der Waals surface area contributed by atoms with Gasteiger partial charge in [-0.15, -0.1) is 0 Å². The van der Waals surface area contributed by atoms with Gasteiger partial charge < -0.3 is 9.88 Å². The number of amides is 1. The molecule has 0 unspecified atom stereocenters. The van der Waals surface area contributed by atoms with Crippen molar-refractivity contribution in [2.45, 2.75) is 52.5 Å². The van der Waals surface area contributed by atoms with E-state index < -0.39 is 0 Å². The third kappa shape index (κ3) is 3.62. The van der Waals surface area contributed by atoms with Gasteiger partial charge in [-0.25, -0.2) is 0 Å². The first-order valence-corrected chi connectivity index (χ1v) is 7.97. The van der Waals surface area contributed by atoms with Gasteiger partial charge in [0.25, 0.3) is 5.91 Å². The second kappa shape index (κ2) is 6.12. The molecule has 0 saturated heterocycles. The van der Waals surface area contributed by atoms with Crippen LogP contribution < -0.4 is 5.32 Å². The summed E-state index contributed by atoms with van der Waals surface area (Å²) in [5, 5.41) is 3.11. The molecular weight excluding hydrogens is 304 g/mol. The number of nitrogens with zero attached hydrogens (tertiary/aromatic N) is 1. The zero-order valence-electron chi connectivity index (χ0n) is 11.8. The summed E-state index contributed by atoms with van der Waals surface area (Å²) in [6.45, 7) is 6.07. The maximum absolute atomic E-state index is 12.3. The molecule has 1 heterocycles. The average molecular weight is 327 g/mol. The molecule has 0 radical (unpaired) electrons. The number of hydrogen-bond donors (Lipinski definition) is 1. The molecule has 1 aromatic rings. The molecule has 4 heteroatoms. The van der Waals surface area contributed by atoms with E-state index in [-0.39, 0.29) is 5.91 Å². The second-order valence-electron chi connectivity index (χ2n) is 5.94. The average Bonchev–Trinajstić information content (AvgIpc) is 2.94. The highest BCUT2D eigenvalue weighted by Gasteiger charge is 2.29. The molecule has 1 N–H and O–H groups in total. The van der Waals surface area contributed by atoms with E-state index in [1.165, 1.54) is 25.7 Å². The minimum absolute atomic E-state index is 0.0484. The van der Waals surface area contributed by atoms with Crippen molar-refractivity contribution in [2.24, 2.45) is 5.41 Å². The van der Waals surface area contributed by atoms with Gasteiger partial charge in [-0.05, 0) is 46.7 Å². The summed E-state index contributed by atoms with van der Waals surface area (Å²) in [5.41, 5.74) is 1.06. The fourth-order valence-electron chi connectivity index (χ4n) is 2.88. The third-order valence-electron chi connectivity index (χ3n) is 4.05. The Morgan fingerprint density at radius 3 is 2.79 bits per heavy atom. The topological polar surface area (TPSA) is 34.0 Å². The van der Waals surface area contributed by atoms with E-state index in [4.69, 9.17) is 0 Å². The summed E-state index contributed by atoms with van der Waals surface area (Å²) < 4.78 is 2.99. The van der Waals surface area contributed by atoms with Crippen molar-refractivity contribution in [1.29, 1.82) is 0 Å². The zero-order chi connectivity index (χ0) is 13.9. The fourth-order valence-corrected chi connectivity index (χ4v) is 3.34. The monoisotopic (exact) mass is 326 g/mol. The van der Waals surface area contributed by atoms with Crippen LogP contribution in [0.4, 0.5) is 0 Å². The van der Waals surface area contributed by atoms with Crippen LogP contribution in [0.1, 0.15) is 56.4 Å². The first-order chi connectivity index (χ1) is 9.04. The number of hydrogen-bond acceptors (Lipinski definition) is 1. The lowest BCUT2D eigenvalue weighted by Crippen LogP contribution is -2.35. The minimum atomic E-state index is 0.0484. The second-order valence-corrected chi connectivity index (χ2v) is 6.85. The van der Waals surface area contributed by atoms with E-state index in [1.54, 1.807) is 0 Å². The number of rotatable bonds is 5. The van der Waals surface area contributed by atoms with Gasteiger partial charge in [0.2, 0.25) is 0 Å². The maximum Gasteiger partial charge on any atom is 0.267 e. The Morgan fingerprint density at radius 2 is 2.16 bits per heavy atom. The van der Waals surface area contributed by atoms with Crippen molar-refractivity contribution in [1.82, 2.24) is 9.88 Å². The zero-order valence-corrected chi connectivity index (χ0v) is 13.4. The molecule has 1 fully saturated rings. The number of aromatic nitrogens is 1. The van der Waals surface area contributed by atoms with Crippen LogP contribution in [-0.2, 0) is 6.54 Å². The Balaban J connectivity index is 1.99. The summed E-state index contributed by atoms with van der Waals surface area (Å²) in [4.78, 5) is 12.3. The van der Waals surface area contributed by atoms with E-state index in [1.807, 2.05) is 16.8 Å². The predicted molar refractivity (Wildman–Crippen MR) is 81.3 cm³/mol. The molecule has 0 aliphatic heterocycles. The first-order valence-electron chi connectivity index (χ1n) is 7.18. The van der Waals surface area contributed by atoms with Crippen molar-refractivity contribution in [2.75, 3.05) is 6.54 Å². The summed E-state index contributed by atoms with van der Waals surface area (Å²) in [6, 6.07) is 1.90. The normalized spacial score (nSPS) is 17.6. The maximum atomic E-state index is 12.3. The number of carbonyl (C=O) groups excluding carboxylic acids is 1. The van der Waals surface area contributed by atoms with E-state index in [0.717, 1.165) is 29.7 Å². The van der Waals surface area contributed by atoms with Gasteiger partial charge in [-0.2, -0.15) is 0 Å². The standard InChI is InChI=1S/C15H23BrN2O/c1-3-8-18-10-12(16)9-13(18)14(19)17-11-15(2)6-4-5-7-15/h9-10H,3-8,11H2,1-2H3,(H,17,19). The summed E-state index contributed by atoms with van der Waals surface area (Å²) in [7, 11) is 0. The van der Waals surface area contributed by atoms with Crippen LogP contribution in [0.3, 0.4) is 0 Å². The van der Waals surface area contributed by atoms with E-state index >= 15 is 0 Å². The Kier molecular flexibility index (Phi) is 4.71. The smallest absolute Gasteiger partial charge is 0.267 e. The van der Waals surface area contributed by atoms with Crippen LogP contribution in [0, 0.1) is 5.41 Å². The molecule has 1 saturated carbocycles. The van der Waals surface area contributed by atoms with E-state index in [2.05, 4.69) is 35.1 Å². The van der Waals surface area contributed by atoms with Crippen LogP contribution in [0.15, 0.2) is 16.7 Å². The first kappa shape index (κ1) is 14.6. The van der Waals surface area contributed by atoms with Gasteiger partial charge in [0.1, 0.15) is 5.69 Å². The Labute approximate surface area is 123 Å². The Hall–Kier alpha value is -0.770. The molecule has 3 nitrogen and oxygen atoms in total. The highest BCUT2D eigenvalue weighted by molar-refractivity contribution is 9.10. The van der Waals surface area contributed by atoms with Gasteiger partial charge in [-0.3, -0.25) is 4.79 Å². The quantitative estimate of drug-likeness (QED) is 0.872. The van der Waals surface area contributed by atoms with Gasteiger partial charge in [0, 0.05) is 23.8 Å². The lowest BCUT2D eigenvalue weighted by Gasteiger charge is -2.23. The fraction of sp³-hybridized carbons (Fsp3) is 0.667. The van der Waals surface area contributed by atoms with Crippen molar-refractivity contribution in [3.63, 3.8) is 0 Å². The minimum Gasteiger partial charge on any atom is -0.350 e. The highest BCUT2D eigenvalue weighted by Crippen LogP contribution is 2.36. The Morgan fingerprint density at radius 1 is 1.47 bits per heavy atom. The van der Waals surface area contributed by atoms with Crippen LogP contribution in [0.25, 0.3) is 0 Å². The number of halogens is 1. The molecule has 106 valence electrons. The number of aryl methyl sites for hydroxylation is 1. The van der Waals surface area contributed by atoms with Crippen molar-refractivity contribution in [3.8, 4) is 0 Å². The van der Waals surface area contributed by atoms with Crippen LogP contribution in [-0.4, -0.2) is 17.0 Å². The molecular formula is C15H23BrN2O. The summed E-state index contributed by atoms with van der Waals surface area (Å²) >= 11 is 3.45. The van der Waals surface area contributed by atoms with Gasteiger partial charge >= 0.3 is 0 Å². The molecule has 0 atom stereocenters. The van der Waals surface area contributed by atoms with Crippen LogP contribution in [0.2, 0.25) is 0 Å². The molecule has 1 amide bonds. The van der Waals surface area contributed by atoms with Gasteiger partial charge in [0.15, 0.2) is 0 Å². The molecule has 0 aromatic carbocycles. The lowest BCUT2D eigenvalue weighted by molar-refractivity contribution is 0.0925. The van der Waals surface area contributed by atoms with Gasteiger partial charge in [0.05, 0.1) is 0 Å². The number of carbonyl (C=O) groups is 1. The van der Waals surface area contributed by atoms with Crippen LogP contribution in [0.5, 0.6) is 0 Å². The molecule has 1 aliphatic carbocycles. The Bertz CT molecular complexity index is 447. The predicted octanol–water partition coefficient (Wildman–Crippen LogP) is 3.97. The largest absolute Gasteiger partial charge is 0.350 e. The van der Waals surface area contributed by atoms with E-state index in [0.29, 0.717) is 5.41 Å². The molecule has 0 bridgehead atoms. The molecule has 1 aromatic heterocycles. The van der Waals surface area contributed by atoms with Crippen molar-refractivity contribution >= 4 is 21.8 Å². The summed E-state index contributed by atoms with van der Waals surface area (Å²) in [6.07, 6.45) is 8.06. The highest BCUT2D eigenvalue weighted by atomic mass is 79.9. The lowest BCUT2D eigenvalue weighted by atomic mass is 9.89. The van der Waals surface area contributed by atoms with Gasteiger partial charge in [-0.1, -0.05) is 26.7 Å². The third-order valence-corrected chi connectivity index (χ3v) is 4.48. The number of nitrogens with one attached hydrogen (secondary N) is 1. The summed E-state index contributed by atoms with van der Waals surface area (Å²) in [5.74, 6) is 0.0484.